The van der Waals surface area contributed by atoms with E-state index in [1.165, 1.54) is 0 Å². The largest absolute Gasteiger partial charge is 0.454 e. The highest BCUT2D eigenvalue weighted by Crippen LogP contribution is 2.34. The first kappa shape index (κ1) is 14.5. The van der Waals surface area contributed by atoms with Gasteiger partial charge in [-0.15, -0.1) is 5.10 Å². The lowest BCUT2D eigenvalue weighted by molar-refractivity contribution is -0.118. The molecule has 1 amide bonds. The third-order valence-corrected chi connectivity index (χ3v) is 3.94. The van der Waals surface area contributed by atoms with Crippen LogP contribution in [0.4, 0.5) is 17.5 Å². The maximum absolute atomic E-state index is 10.8. The fourth-order valence-corrected chi connectivity index (χ4v) is 2.64. The number of nitrogens with zero attached hydrogens (tertiary/aromatic N) is 5. The molecule has 4 rings (SSSR count). The molecule has 1 saturated heterocycles. The van der Waals surface area contributed by atoms with Crippen LogP contribution in [0.5, 0.6) is 11.5 Å². The number of nitrogens with one attached hydrogen (secondary N) is 1. The number of carbonyl (C=O) groups is 1. The first-order valence-electron chi connectivity index (χ1n) is 7.62. The predicted octanol–water partition coefficient (Wildman–Crippen LogP) is 0.622. The van der Waals surface area contributed by atoms with Gasteiger partial charge in [0.15, 0.2) is 17.3 Å². The summed E-state index contributed by atoms with van der Waals surface area (Å²) in [6.45, 7) is 2.94. The molecule has 0 radical (unpaired) electrons. The van der Waals surface area contributed by atoms with Crippen LogP contribution in [-0.4, -0.2) is 59.5 Å². The first-order chi connectivity index (χ1) is 11.8. The highest BCUT2D eigenvalue weighted by atomic mass is 16.7. The maximum Gasteiger partial charge on any atom is 0.247 e. The molecule has 0 unspecified atom stereocenters. The third kappa shape index (κ3) is 2.87. The van der Waals surface area contributed by atoms with E-state index < -0.39 is 0 Å². The molecule has 0 aliphatic carbocycles. The highest BCUT2D eigenvalue weighted by molar-refractivity contribution is 5.62. The Morgan fingerprint density at radius 2 is 1.96 bits per heavy atom. The number of anilines is 3. The SMILES string of the molecule is O=CN1CCN(c2nncc(Nc3ccc4c(c3)OCO4)n2)CC1. The number of piperazine rings is 1. The summed E-state index contributed by atoms with van der Waals surface area (Å²) in [4.78, 5) is 19.0. The molecule has 2 aliphatic heterocycles. The van der Waals surface area contributed by atoms with E-state index in [-0.39, 0.29) is 6.79 Å². The topological polar surface area (TPSA) is 92.7 Å². The van der Waals surface area contributed by atoms with E-state index in [1.54, 1.807) is 11.1 Å². The van der Waals surface area contributed by atoms with E-state index in [9.17, 15) is 4.79 Å². The molecule has 1 aromatic carbocycles. The number of aromatic nitrogens is 3. The van der Waals surface area contributed by atoms with Gasteiger partial charge in [-0.3, -0.25) is 4.79 Å². The minimum Gasteiger partial charge on any atom is -0.454 e. The second kappa shape index (κ2) is 6.19. The Balaban J connectivity index is 1.48. The van der Waals surface area contributed by atoms with Crippen molar-refractivity contribution in [1.82, 2.24) is 20.1 Å². The monoisotopic (exact) mass is 328 g/mol. The summed E-state index contributed by atoms with van der Waals surface area (Å²) >= 11 is 0. The van der Waals surface area contributed by atoms with Crippen molar-refractivity contribution in [3.8, 4) is 11.5 Å². The molecule has 1 aromatic heterocycles. The van der Waals surface area contributed by atoms with E-state index in [0.717, 1.165) is 17.8 Å². The van der Waals surface area contributed by atoms with E-state index in [0.29, 0.717) is 43.7 Å². The zero-order chi connectivity index (χ0) is 16.4. The van der Waals surface area contributed by atoms with Crippen LogP contribution in [0.15, 0.2) is 24.4 Å². The second-order valence-corrected chi connectivity index (χ2v) is 5.46. The van der Waals surface area contributed by atoms with Gasteiger partial charge in [0, 0.05) is 37.9 Å². The molecule has 1 N–H and O–H groups in total. The molecule has 9 heteroatoms. The van der Waals surface area contributed by atoms with Crippen LogP contribution >= 0.6 is 0 Å². The zero-order valence-electron chi connectivity index (χ0n) is 12.9. The number of fused-ring (bicyclic) bond motifs is 1. The van der Waals surface area contributed by atoms with E-state index in [4.69, 9.17) is 9.47 Å². The minimum atomic E-state index is 0.241. The van der Waals surface area contributed by atoms with Crippen LogP contribution in [0, 0.1) is 0 Å². The predicted molar refractivity (Wildman–Crippen MR) is 85.5 cm³/mol. The highest BCUT2D eigenvalue weighted by Gasteiger charge is 2.19. The third-order valence-electron chi connectivity index (χ3n) is 3.94. The standard InChI is InChI=1S/C15H16N6O3/c22-9-20-3-5-21(6-4-20)15-18-14(8-16-19-15)17-11-1-2-12-13(7-11)24-10-23-12/h1-2,7-9H,3-6,10H2,(H,17,18,19). The Kier molecular flexibility index (Phi) is 3.73. The molecular formula is C15H16N6O3. The molecule has 9 nitrogen and oxygen atoms in total. The number of ether oxygens (including phenoxy) is 2. The summed E-state index contributed by atoms with van der Waals surface area (Å²) < 4.78 is 10.7. The summed E-state index contributed by atoms with van der Waals surface area (Å²) in [6.07, 6.45) is 2.43. The van der Waals surface area contributed by atoms with Crippen LogP contribution in [0.1, 0.15) is 0 Å². The van der Waals surface area contributed by atoms with Crippen molar-refractivity contribution in [3.63, 3.8) is 0 Å². The average molecular weight is 328 g/mol. The summed E-state index contributed by atoms with van der Waals surface area (Å²) in [7, 11) is 0. The Morgan fingerprint density at radius 1 is 1.12 bits per heavy atom. The lowest BCUT2D eigenvalue weighted by Gasteiger charge is -2.32. The van der Waals surface area contributed by atoms with E-state index >= 15 is 0 Å². The Labute approximate surface area is 138 Å². The van der Waals surface area contributed by atoms with Crippen LogP contribution in [0.3, 0.4) is 0 Å². The van der Waals surface area contributed by atoms with Crippen molar-refractivity contribution in [3.05, 3.63) is 24.4 Å². The number of amides is 1. The molecule has 0 saturated carbocycles. The molecule has 2 aromatic rings. The Morgan fingerprint density at radius 3 is 2.79 bits per heavy atom. The zero-order valence-corrected chi connectivity index (χ0v) is 12.9. The van der Waals surface area contributed by atoms with Gasteiger partial charge in [-0.25, -0.2) is 0 Å². The van der Waals surface area contributed by atoms with Crippen molar-refractivity contribution in [2.75, 3.05) is 43.2 Å². The van der Waals surface area contributed by atoms with Gasteiger partial charge in [-0.1, -0.05) is 0 Å². The van der Waals surface area contributed by atoms with Crippen LogP contribution < -0.4 is 19.7 Å². The summed E-state index contributed by atoms with van der Waals surface area (Å²) in [5.74, 6) is 2.57. The number of carbonyl (C=O) groups excluding carboxylic acids is 1. The normalized spacial score (nSPS) is 16.2. The van der Waals surface area contributed by atoms with E-state index in [1.807, 2.05) is 23.1 Å². The van der Waals surface area contributed by atoms with Crippen LogP contribution in [0.25, 0.3) is 0 Å². The number of benzene rings is 1. The van der Waals surface area contributed by atoms with Crippen LogP contribution in [-0.2, 0) is 4.79 Å². The van der Waals surface area contributed by atoms with Gasteiger partial charge < -0.3 is 24.6 Å². The van der Waals surface area contributed by atoms with Crippen molar-refractivity contribution in [2.24, 2.45) is 0 Å². The van der Waals surface area contributed by atoms with Crippen molar-refractivity contribution in [2.45, 2.75) is 0 Å². The number of hydrogen-bond donors (Lipinski definition) is 1. The van der Waals surface area contributed by atoms with Gasteiger partial charge in [0.1, 0.15) is 0 Å². The fourth-order valence-electron chi connectivity index (χ4n) is 2.64. The molecule has 1 fully saturated rings. The average Bonchev–Trinajstić information content (AvgIpc) is 3.10. The van der Waals surface area contributed by atoms with Gasteiger partial charge in [-0.2, -0.15) is 10.1 Å². The van der Waals surface area contributed by atoms with Gasteiger partial charge in [-0.05, 0) is 12.1 Å². The summed E-state index contributed by atoms with van der Waals surface area (Å²) in [6, 6.07) is 5.59. The van der Waals surface area contributed by atoms with Gasteiger partial charge >= 0.3 is 0 Å². The summed E-state index contributed by atoms with van der Waals surface area (Å²) in [5, 5.41) is 11.3. The number of hydrogen-bond acceptors (Lipinski definition) is 8. The van der Waals surface area contributed by atoms with Crippen molar-refractivity contribution < 1.29 is 14.3 Å². The summed E-state index contributed by atoms with van der Waals surface area (Å²) in [5.41, 5.74) is 0.830. The lowest BCUT2D eigenvalue weighted by atomic mass is 10.3. The molecule has 124 valence electrons. The molecule has 3 heterocycles. The Hall–Kier alpha value is -3.10. The molecule has 0 atom stereocenters. The minimum absolute atomic E-state index is 0.241. The first-order valence-corrected chi connectivity index (χ1v) is 7.62. The maximum atomic E-state index is 10.8. The van der Waals surface area contributed by atoms with Crippen LogP contribution in [0.2, 0.25) is 0 Å². The molecule has 0 bridgehead atoms. The van der Waals surface area contributed by atoms with Crippen molar-refractivity contribution >= 4 is 23.9 Å². The van der Waals surface area contributed by atoms with Gasteiger partial charge in [0.05, 0.1) is 6.20 Å². The number of rotatable bonds is 4. The Bertz CT molecular complexity index is 748. The van der Waals surface area contributed by atoms with Crippen molar-refractivity contribution in [1.29, 1.82) is 0 Å². The van der Waals surface area contributed by atoms with Gasteiger partial charge in [0.2, 0.25) is 19.2 Å². The molecule has 0 spiro atoms. The second-order valence-electron chi connectivity index (χ2n) is 5.46. The van der Waals surface area contributed by atoms with E-state index in [2.05, 4.69) is 20.5 Å². The smallest absolute Gasteiger partial charge is 0.247 e. The molecular weight excluding hydrogens is 312 g/mol. The lowest BCUT2D eigenvalue weighted by Crippen LogP contribution is -2.46. The fraction of sp³-hybridized carbons (Fsp3) is 0.333. The van der Waals surface area contributed by atoms with Gasteiger partial charge in [0.25, 0.3) is 0 Å². The molecule has 2 aliphatic rings. The quantitative estimate of drug-likeness (QED) is 0.817. The molecule has 24 heavy (non-hydrogen) atoms.